The zero-order valence-corrected chi connectivity index (χ0v) is 16.7. The Morgan fingerprint density at radius 1 is 1.11 bits per heavy atom. The number of benzene rings is 1. The standard InChI is InChI=1S/C20H23ClN6O/c1-13(2)27-12-19(24-25-27)18-9-15(11-23-20(18)22)14-7-16(21)10-17(8-14)26-3-5-28-6-4-26/h7-13H,3-6H2,1-2H3,(H2,22,23). The molecule has 0 atom stereocenters. The van der Waals surface area contributed by atoms with Crippen LogP contribution in [0.5, 0.6) is 0 Å². The average molecular weight is 399 g/mol. The molecule has 0 bridgehead atoms. The largest absolute Gasteiger partial charge is 0.383 e. The highest BCUT2D eigenvalue weighted by atomic mass is 35.5. The van der Waals surface area contributed by atoms with Crippen molar-refractivity contribution < 1.29 is 4.74 Å². The molecule has 0 aliphatic carbocycles. The summed E-state index contributed by atoms with van der Waals surface area (Å²) in [4.78, 5) is 6.66. The van der Waals surface area contributed by atoms with Gasteiger partial charge in [0.15, 0.2) is 0 Å². The number of hydrogen-bond donors (Lipinski definition) is 1. The quantitative estimate of drug-likeness (QED) is 0.722. The Bertz CT molecular complexity index is 981. The van der Waals surface area contributed by atoms with Crippen molar-refractivity contribution in [1.82, 2.24) is 20.0 Å². The lowest BCUT2D eigenvalue weighted by molar-refractivity contribution is 0.122. The number of pyridine rings is 1. The summed E-state index contributed by atoms with van der Waals surface area (Å²) in [5.74, 6) is 0.426. The van der Waals surface area contributed by atoms with Crippen LogP contribution < -0.4 is 10.6 Å². The van der Waals surface area contributed by atoms with Crippen molar-refractivity contribution in [1.29, 1.82) is 0 Å². The molecule has 8 heteroatoms. The summed E-state index contributed by atoms with van der Waals surface area (Å²) in [5, 5.41) is 9.11. The van der Waals surface area contributed by atoms with Gasteiger partial charge < -0.3 is 15.4 Å². The van der Waals surface area contributed by atoms with Gasteiger partial charge >= 0.3 is 0 Å². The first-order chi connectivity index (χ1) is 13.5. The number of hydrogen-bond acceptors (Lipinski definition) is 6. The molecule has 3 aromatic rings. The highest BCUT2D eigenvalue weighted by Gasteiger charge is 2.15. The molecule has 0 saturated carbocycles. The van der Waals surface area contributed by atoms with E-state index in [0.717, 1.165) is 48.7 Å². The summed E-state index contributed by atoms with van der Waals surface area (Å²) in [6.07, 6.45) is 3.65. The molecule has 1 aliphatic heterocycles. The van der Waals surface area contributed by atoms with Crippen molar-refractivity contribution in [2.24, 2.45) is 0 Å². The van der Waals surface area contributed by atoms with Crippen molar-refractivity contribution in [3.05, 3.63) is 41.7 Å². The van der Waals surface area contributed by atoms with Crippen LogP contribution >= 0.6 is 11.6 Å². The lowest BCUT2D eigenvalue weighted by Gasteiger charge is -2.29. The van der Waals surface area contributed by atoms with E-state index in [1.165, 1.54) is 0 Å². The molecule has 2 aromatic heterocycles. The Labute approximate surface area is 169 Å². The van der Waals surface area contributed by atoms with Crippen molar-refractivity contribution in [2.75, 3.05) is 36.9 Å². The van der Waals surface area contributed by atoms with E-state index in [4.69, 9.17) is 22.1 Å². The van der Waals surface area contributed by atoms with E-state index in [-0.39, 0.29) is 6.04 Å². The minimum Gasteiger partial charge on any atom is -0.383 e. The van der Waals surface area contributed by atoms with Crippen LogP contribution in [0.1, 0.15) is 19.9 Å². The Kier molecular flexibility index (Phi) is 5.19. The SMILES string of the molecule is CC(C)n1cc(-c2cc(-c3cc(Cl)cc(N4CCOCC4)c3)cnc2N)nn1. The lowest BCUT2D eigenvalue weighted by Crippen LogP contribution is -2.36. The Morgan fingerprint density at radius 3 is 2.61 bits per heavy atom. The first-order valence-corrected chi connectivity index (χ1v) is 9.70. The fourth-order valence-corrected chi connectivity index (χ4v) is 3.47. The topological polar surface area (TPSA) is 82.1 Å². The van der Waals surface area contributed by atoms with Gasteiger partial charge in [-0.15, -0.1) is 5.10 Å². The molecule has 3 heterocycles. The van der Waals surface area contributed by atoms with Crippen LogP contribution in [0.2, 0.25) is 5.02 Å². The highest BCUT2D eigenvalue weighted by Crippen LogP contribution is 2.33. The van der Waals surface area contributed by atoms with E-state index in [9.17, 15) is 0 Å². The molecule has 2 N–H and O–H groups in total. The molecule has 0 spiro atoms. The summed E-state index contributed by atoms with van der Waals surface area (Å²) in [5.41, 5.74) is 10.6. The third-order valence-corrected chi connectivity index (χ3v) is 5.04. The summed E-state index contributed by atoms with van der Waals surface area (Å²) in [7, 11) is 0. The second-order valence-corrected chi connectivity index (χ2v) is 7.57. The number of nitrogens with two attached hydrogens (primary N) is 1. The first-order valence-electron chi connectivity index (χ1n) is 9.32. The van der Waals surface area contributed by atoms with Crippen LogP contribution in [0.25, 0.3) is 22.4 Å². The zero-order chi connectivity index (χ0) is 19.7. The van der Waals surface area contributed by atoms with Gasteiger partial charge in [-0.3, -0.25) is 0 Å². The van der Waals surface area contributed by atoms with Crippen LogP contribution in [0.15, 0.2) is 36.7 Å². The Morgan fingerprint density at radius 2 is 1.89 bits per heavy atom. The Hall–Kier alpha value is -2.64. The number of aromatic nitrogens is 4. The first kappa shape index (κ1) is 18.7. The highest BCUT2D eigenvalue weighted by molar-refractivity contribution is 6.31. The number of nitrogens with zero attached hydrogens (tertiary/aromatic N) is 5. The lowest BCUT2D eigenvalue weighted by atomic mass is 10.0. The fraction of sp³-hybridized carbons (Fsp3) is 0.350. The zero-order valence-electron chi connectivity index (χ0n) is 16.0. The van der Waals surface area contributed by atoms with Crippen molar-refractivity contribution >= 4 is 23.1 Å². The normalized spacial score (nSPS) is 14.6. The van der Waals surface area contributed by atoms with Gasteiger partial charge in [-0.25, -0.2) is 9.67 Å². The molecule has 1 saturated heterocycles. The monoisotopic (exact) mass is 398 g/mol. The van der Waals surface area contributed by atoms with Crippen LogP contribution in [0, 0.1) is 0 Å². The van der Waals surface area contributed by atoms with Gasteiger partial charge in [-0.05, 0) is 43.7 Å². The second kappa shape index (κ2) is 7.77. The van der Waals surface area contributed by atoms with Crippen molar-refractivity contribution in [3.8, 4) is 22.4 Å². The van der Waals surface area contributed by atoms with E-state index in [1.807, 2.05) is 24.4 Å². The van der Waals surface area contributed by atoms with Gasteiger partial charge in [0.1, 0.15) is 11.5 Å². The van der Waals surface area contributed by atoms with Crippen LogP contribution in [-0.2, 0) is 4.74 Å². The number of nitrogen functional groups attached to an aromatic ring is 1. The maximum atomic E-state index is 6.42. The summed E-state index contributed by atoms with van der Waals surface area (Å²) in [6.45, 7) is 7.25. The minimum absolute atomic E-state index is 0.225. The molecule has 0 unspecified atom stereocenters. The fourth-order valence-electron chi connectivity index (χ4n) is 3.24. The number of ether oxygens (including phenoxy) is 1. The Balaban J connectivity index is 1.72. The number of morpholine rings is 1. The number of halogens is 1. The van der Waals surface area contributed by atoms with E-state index in [2.05, 4.69) is 40.1 Å². The van der Waals surface area contributed by atoms with Gasteiger partial charge in [-0.2, -0.15) is 0 Å². The van der Waals surface area contributed by atoms with Gasteiger partial charge in [0.2, 0.25) is 0 Å². The maximum Gasteiger partial charge on any atom is 0.132 e. The van der Waals surface area contributed by atoms with Gasteiger partial charge in [0, 0.05) is 47.2 Å². The van der Waals surface area contributed by atoms with E-state index in [1.54, 1.807) is 10.9 Å². The van der Waals surface area contributed by atoms with Gasteiger partial charge in [0.05, 0.1) is 19.4 Å². The van der Waals surface area contributed by atoms with E-state index < -0.39 is 0 Å². The van der Waals surface area contributed by atoms with E-state index >= 15 is 0 Å². The van der Waals surface area contributed by atoms with Crippen LogP contribution in [-0.4, -0.2) is 46.3 Å². The van der Waals surface area contributed by atoms with Gasteiger partial charge in [-0.1, -0.05) is 16.8 Å². The molecule has 0 amide bonds. The van der Waals surface area contributed by atoms with E-state index in [0.29, 0.717) is 16.5 Å². The number of rotatable bonds is 4. The molecular weight excluding hydrogens is 376 g/mol. The third kappa shape index (κ3) is 3.81. The van der Waals surface area contributed by atoms with Crippen LogP contribution in [0.3, 0.4) is 0 Å². The molecular formula is C20H23ClN6O. The van der Waals surface area contributed by atoms with Gasteiger partial charge in [0.25, 0.3) is 0 Å². The maximum absolute atomic E-state index is 6.42. The molecule has 1 fully saturated rings. The molecule has 0 radical (unpaired) electrons. The second-order valence-electron chi connectivity index (χ2n) is 7.13. The summed E-state index contributed by atoms with van der Waals surface area (Å²) < 4.78 is 7.25. The molecule has 4 rings (SSSR count). The number of anilines is 2. The summed E-state index contributed by atoms with van der Waals surface area (Å²) in [6, 6.07) is 8.26. The molecule has 7 nitrogen and oxygen atoms in total. The summed E-state index contributed by atoms with van der Waals surface area (Å²) >= 11 is 6.42. The molecule has 1 aliphatic rings. The molecule has 28 heavy (non-hydrogen) atoms. The predicted molar refractivity (Wildman–Crippen MR) is 112 cm³/mol. The van der Waals surface area contributed by atoms with Crippen molar-refractivity contribution in [2.45, 2.75) is 19.9 Å². The average Bonchev–Trinajstić information content (AvgIpc) is 3.19. The predicted octanol–water partition coefficient (Wildman–Crippen LogP) is 3.66. The minimum atomic E-state index is 0.225. The van der Waals surface area contributed by atoms with Crippen LogP contribution in [0.4, 0.5) is 11.5 Å². The molecule has 1 aromatic carbocycles. The smallest absolute Gasteiger partial charge is 0.132 e. The third-order valence-electron chi connectivity index (χ3n) is 4.83. The molecule has 146 valence electrons. The van der Waals surface area contributed by atoms with Crippen molar-refractivity contribution in [3.63, 3.8) is 0 Å².